The van der Waals surface area contributed by atoms with E-state index in [0.29, 0.717) is 41.8 Å². The lowest BCUT2D eigenvalue weighted by Crippen LogP contribution is -2.16. The molecule has 0 bridgehead atoms. The summed E-state index contributed by atoms with van der Waals surface area (Å²) in [6, 6.07) is 26.9. The molecule has 3 aromatic carbocycles. The van der Waals surface area contributed by atoms with Crippen molar-refractivity contribution in [1.29, 1.82) is 0 Å². The van der Waals surface area contributed by atoms with E-state index in [1.165, 1.54) is 17.6 Å². The van der Waals surface area contributed by atoms with E-state index < -0.39 is 5.91 Å². The molecule has 2 heterocycles. The molecule has 0 unspecified atom stereocenters. The smallest absolute Gasteiger partial charge is 0.307 e. The van der Waals surface area contributed by atoms with Crippen LogP contribution in [0.25, 0.3) is 5.69 Å². The van der Waals surface area contributed by atoms with Gasteiger partial charge in [-0.25, -0.2) is 5.43 Å². The number of amides is 1. The number of carbonyl (C=O) groups excluding carboxylic acids is 1. The van der Waals surface area contributed by atoms with Crippen LogP contribution in [0.1, 0.15) is 45.8 Å². The molecule has 5 rings (SSSR count). The van der Waals surface area contributed by atoms with E-state index >= 15 is 0 Å². The summed E-state index contributed by atoms with van der Waals surface area (Å²) in [6.07, 6.45) is 1.52. The zero-order valence-corrected chi connectivity index (χ0v) is 27.6. The standard InChI is InChI=1S/C34H31Br2N3O5/c1-4-41-32-17-25(30(36)18-33(32)43-20-24-7-9-26(35)10-8-24)19-37-38-34(40)31-16-15-29(44-31)21-42-28-13-11-27(12-14-28)39-22(2)5-6-23(39)3/h5-19H,4,20-21H2,1-3H3,(H,38,40)/b37-19+. The fraction of sp³-hybridized carbons (Fsp3) is 0.176. The molecule has 0 aliphatic carbocycles. The van der Waals surface area contributed by atoms with E-state index in [4.69, 9.17) is 18.6 Å². The molecule has 8 nitrogen and oxygen atoms in total. The number of carbonyl (C=O) groups is 1. The number of furan rings is 1. The predicted molar refractivity (Wildman–Crippen MR) is 177 cm³/mol. The van der Waals surface area contributed by atoms with Gasteiger partial charge in [-0.05, 0) is 115 Å². The highest BCUT2D eigenvalue weighted by molar-refractivity contribution is 9.10. The van der Waals surface area contributed by atoms with Crippen LogP contribution in [0.15, 0.2) is 103 Å². The van der Waals surface area contributed by atoms with Crippen LogP contribution in [-0.2, 0) is 13.2 Å². The monoisotopic (exact) mass is 719 g/mol. The molecule has 0 atom stereocenters. The molecule has 0 fully saturated rings. The van der Waals surface area contributed by atoms with E-state index in [9.17, 15) is 4.79 Å². The molecule has 5 aromatic rings. The average molecular weight is 721 g/mol. The Kier molecular flexibility index (Phi) is 10.2. The molecule has 0 spiro atoms. The minimum absolute atomic E-state index is 0.125. The number of ether oxygens (including phenoxy) is 3. The van der Waals surface area contributed by atoms with Crippen molar-refractivity contribution in [1.82, 2.24) is 9.99 Å². The lowest BCUT2D eigenvalue weighted by Gasteiger charge is -2.14. The number of rotatable bonds is 12. The molecule has 0 aliphatic rings. The van der Waals surface area contributed by atoms with Crippen LogP contribution in [0, 0.1) is 13.8 Å². The summed E-state index contributed by atoms with van der Waals surface area (Å²) in [5.41, 5.74) is 7.63. The second-order valence-corrected chi connectivity index (χ2v) is 11.6. The molecule has 1 N–H and O–H groups in total. The number of aryl methyl sites for hydroxylation is 2. The van der Waals surface area contributed by atoms with E-state index in [1.54, 1.807) is 18.2 Å². The van der Waals surface area contributed by atoms with Crippen molar-refractivity contribution in [2.75, 3.05) is 6.61 Å². The van der Waals surface area contributed by atoms with Gasteiger partial charge in [0, 0.05) is 31.6 Å². The second-order valence-electron chi connectivity index (χ2n) is 9.87. The summed E-state index contributed by atoms with van der Waals surface area (Å²) in [5.74, 6) is 2.02. The Bertz CT molecular complexity index is 1740. The summed E-state index contributed by atoms with van der Waals surface area (Å²) in [7, 11) is 0. The molecule has 0 saturated heterocycles. The van der Waals surface area contributed by atoms with E-state index in [1.807, 2.05) is 61.5 Å². The van der Waals surface area contributed by atoms with Crippen molar-refractivity contribution in [3.05, 3.63) is 128 Å². The first-order valence-electron chi connectivity index (χ1n) is 13.9. The number of hydrazone groups is 1. The summed E-state index contributed by atoms with van der Waals surface area (Å²) in [6.45, 7) is 7.09. The Morgan fingerprint density at radius 3 is 2.27 bits per heavy atom. The van der Waals surface area contributed by atoms with Crippen molar-refractivity contribution in [3.63, 3.8) is 0 Å². The van der Waals surface area contributed by atoms with E-state index in [2.05, 4.69) is 72.9 Å². The maximum atomic E-state index is 12.7. The number of benzene rings is 3. The van der Waals surface area contributed by atoms with Crippen LogP contribution in [0.5, 0.6) is 17.2 Å². The lowest BCUT2D eigenvalue weighted by molar-refractivity contribution is 0.0923. The zero-order valence-electron chi connectivity index (χ0n) is 24.5. The number of hydrogen-bond donors (Lipinski definition) is 1. The van der Waals surface area contributed by atoms with Gasteiger partial charge in [0.25, 0.3) is 0 Å². The fourth-order valence-electron chi connectivity index (χ4n) is 4.49. The quantitative estimate of drug-likeness (QED) is 0.103. The van der Waals surface area contributed by atoms with Crippen molar-refractivity contribution in [2.45, 2.75) is 34.0 Å². The predicted octanol–water partition coefficient (Wildman–Crippen LogP) is 8.53. The van der Waals surface area contributed by atoms with Crippen molar-refractivity contribution >= 4 is 44.0 Å². The topological polar surface area (TPSA) is 87.2 Å². The molecule has 44 heavy (non-hydrogen) atoms. The number of halogens is 2. The van der Waals surface area contributed by atoms with Gasteiger partial charge in [-0.3, -0.25) is 4.79 Å². The van der Waals surface area contributed by atoms with Crippen LogP contribution in [0.3, 0.4) is 0 Å². The summed E-state index contributed by atoms with van der Waals surface area (Å²) >= 11 is 7.00. The van der Waals surface area contributed by atoms with Gasteiger partial charge < -0.3 is 23.2 Å². The first-order chi connectivity index (χ1) is 21.3. The van der Waals surface area contributed by atoms with Crippen LogP contribution >= 0.6 is 31.9 Å². The first kappa shape index (κ1) is 31.2. The highest BCUT2D eigenvalue weighted by Gasteiger charge is 2.13. The highest BCUT2D eigenvalue weighted by Crippen LogP contribution is 2.34. The molecule has 0 saturated carbocycles. The zero-order chi connectivity index (χ0) is 31.1. The van der Waals surface area contributed by atoms with E-state index in [-0.39, 0.29) is 12.4 Å². The largest absolute Gasteiger partial charge is 0.490 e. The molecule has 0 aliphatic heterocycles. The van der Waals surface area contributed by atoms with Crippen molar-refractivity contribution in [2.24, 2.45) is 5.10 Å². The lowest BCUT2D eigenvalue weighted by atomic mass is 10.2. The molecule has 2 aromatic heterocycles. The van der Waals surface area contributed by atoms with Gasteiger partial charge in [-0.1, -0.05) is 28.1 Å². The third-order valence-corrected chi connectivity index (χ3v) is 7.89. The van der Waals surface area contributed by atoms with Crippen molar-refractivity contribution < 1.29 is 23.4 Å². The fourth-order valence-corrected chi connectivity index (χ4v) is 5.18. The van der Waals surface area contributed by atoms with Crippen LogP contribution in [0.2, 0.25) is 0 Å². The van der Waals surface area contributed by atoms with Crippen LogP contribution < -0.4 is 19.6 Å². The third-order valence-electron chi connectivity index (χ3n) is 6.67. The van der Waals surface area contributed by atoms with Gasteiger partial charge in [0.2, 0.25) is 0 Å². The van der Waals surface area contributed by atoms with Crippen LogP contribution in [-0.4, -0.2) is 23.3 Å². The SMILES string of the molecule is CCOc1cc(/C=N/NC(=O)c2ccc(COc3ccc(-n4c(C)ccc4C)cc3)o2)c(Br)cc1OCc1ccc(Br)cc1. The average Bonchev–Trinajstić information content (AvgIpc) is 3.64. The number of aromatic nitrogens is 1. The van der Waals surface area contributed by atoms with Gasteiger partial charge in [0.15, 0.2) is 17.3 Å². The molecule has 226 valence electrons. The number of nitrogens with zero attached hydrogens (tertiary/aromatic N) is 2. The Balaban J connectivity index is 1.16. The summed E-state index contributed by atoms with van der Waals surface area (Å²) in [4.78, 5) is 12.7. The normalized spacial score (nSPS) is 11.1. The maximum Gasteiger partial charge on any atom is 0.307 e. The highest BCUT2D eigenvalue weighted by atomic mass is 79.9. The molecular weight excluding hydrogens is 690 g/mol. The second kappa shape index (κ2) is 14.5. The third kappa shape index (κ3) is 7.81. The Labute approximate surface area is 272 Å². The van der Waals surface area contributed by atoms with Gasteiger partial charge >= 0.3 is 5.91 Å². The Hall–Kier alpha value is -4.28. The van der Waals surface area contributed by atoms with Gasteiger partial charge in [0.05, 0.1) is 12.8 Å². The van der Waals surface area contributed by atoms with Crippen LogP contribution in [0.4, 0.5) is 0 Å². The number of hydrogen-bond acceptors (Lipinski definition) is 6. The Morgan fingerprint density at radius 2 is 1.57 bits per heavy atom. The van der Waals surface area contributed by atoms with E-state index in [0.717, 1.165) is 20.2 Å². The minimum Gasteiger partial charge on any atom is -0.490 e. The molecule has 1 amide bonds. The number of nitrogens with one attached hydrogen (secondary N) is 1. The molecular formula is C34H31Br2N3O5. The molecule has 10 heteroatoms. The molecule has 0 radical (unpaired) electrons. The summed E-state index contributed by atoms with van der Waals surface area (Å²) < 4.78 is 27.3. The van der Waals surface area contributed by atoms with Gasteiger partial charge in [-0.2, -0.15) is 5.10 Å². The van der Waals surface area contributed by atoms with Gasteiger partial charge in [-0.15, -0.1) is 0 Å². The maximum absolute atomic E-state index is 12.7. The Morgan fingerprint density at radius 1 is 0.864 bits per heavy atom. The minimum atomic E-state index is -0.482. The van der Waals surface area contributed by atoms with Crippen molar-refractivity contribution in [3.8, 4) is 22.9 Å². The first-order valence-corrected chi connectivity index (χ1v) is 15.5. The summed E-state index contributed by atoms with van der Waals surface area (Å²) in [5, 5.41) is 4.11. The van der Waals surface area contributed by atoms with Gasteiger partial charge in [0.1, 0.15) is 24.7 Å².